The molecule has 0 amide bonds. The second kappa shape index (κ2) is 5.97. The van der Waals surface area contributed by atoms with Gasteiger partial charge in [-0.3, -0.25) is 0 Å². The van der Waals surface area contributed by atoms with Crippen molar-refractivity contribution in [1.82, 2.24) is 9.29 Å². The smallest absolute Gasteiger partial charge is 0.262 e. The Hall–Kier alpha value is -1.14. The molecule has 0 spiro atoms. The average molecular weight is 257 g/mol. The van der Waals surface area contributed by atoms with E-state index in [2.05, 4.69) is 10.3 Å². The van der Waals surface area contributed by atoms with Gasteiger partial charge in [-0.25, -0.2) is 13.4 Å². The third kappa shape index (κ3) is 3.17. The molecule has 1 N–H and O–H groups in total. The van der Waals surface area contributed by atoms with Gasteiger partial charge in [0.15, 0.2) is 5.03 Å². The molecule has 0 unspecified atom stereocenters. The summed E-state index contributed by atoms with van der Waals surface area (Å²) in [5.41, 5.74) is 0.564. The number of hydrogen-bond acceptors (Lipinski definition) is 4. The Morgan fingerprint density at radius 1 is 1.41 bits per heavy atom. The molecule has 0 radical (unpaired) electrons. The van der Waals surface area contributed by atoms with Crippen molar-refractivity contribution in [3.63, 3.8) is 0 Å². The van der Waals surface area contributed by atoms with Crippen molar-refractivity contribution in [2.24, 2.45) is 0 Å². The minimum atomic E-state index is -3.49. The summed E-state index contributed by atoms with van der Waals surface area (Å²) in [5, 5.41) is 3.17. The molecule has 96 valence electrons. The number of pyridine rings is 1. The van der Waals surface area contributed by atoms with E-state index < -0.39 is 10.0 Å². The standard InChI is InChI=1S/C11H19N3O2S/c1-4-8-12-10-7-6-9-13-11(10)17(15,16)14(3)5-2/h6-7,9,12H,4-5,8H2,1-3H3. The summed E-state index contributed by atoms with van der Waals surface area (Å²) in [6.45, 7) is 4.96. The van der Waals surface area contributed by atoms with E-state index in [-0.39, 0.29) is 5.03 Å². The monoisotopic (exact) mass is 257 g/mol. The first-order valence-corrected chi connectivity index (χ1v) is 7.13. The van der Waals surface area contributed by atoms with E-state index in [1.807, 2.05) is 6.92 Å². The fraction of sp³-hybridized carbons (Fsp3) is 0.545. The van der Waals surface area contributed by atoms with Gasteiger partial charge >= 0.3 is 0 Å². The fourth-order valence-corrected chi connectivity index (χ4v) is 2.56. The van der Waals surface area contributed by atoms with Gasteiger partial charge in [0.05, 0.1) is 5.69 Å². The maximum absolute atomic E-state index is 12.2. The van der Waals surface area contributed by atoms with Crippen molar-refractivity contribution < 1.29 is 8.42 Å². The topological polar surface area (TPSA) is 62.3 Å². The van der Waals surface area contributed by atoms with Crippen LogP contribution in [0.2, 0.25) is 0 Å². The molecule has 5 nitrogen and oxygen atoms in total. The van der Waals surface area contributed by atoms with Crippen molar-refractivity contribution in [2.75, 3.05) is 25.5 Å². The first kappa shape index (κ1) is 13.9. The number of anilines is 1. The van der Waals surface area contributed by atoms with Crippen LogP contribution in [0.15, 0.2) is 23.4 Å². The summed E-state index contributed by atoms with van der Waals surface area (Å²) in [5.74, 6) is 0. The van der Waals surface area contributed by atoms with Gasteiger partial charge in [0.2, 0.25) is 0 Å². The predicted octanol–water partition coefficient (Wildman–Crippen LogP) is 1.54. The molecule has 0 aliphatic carbocycles. The molecule has 17 heavy (non-hydrogen) atoms. The van der Waals surface area contributed by atoms with Gasteiger partial charge in [-0.2, -0.15) is 4.31 Å². The molecule has 0 aliphatic rings. The van der Waals surface area contributed by atoms with Crippen LogP contribution in [-0.4, -0.2) is 37.8 Å². The van der Waals surface area contributed by atoms with Crippen LogP contribution >= 0.6 is 0 Å². The zero-order valence-corrected chi connectivity index (χ0v) is 11.3. The van der Waals surface area contributed by atoms with Crippen molar-refractivity contribution in [1.29, 1.82) is 0 Å². The number of rotatable bonds is 6. The highest BCUT2D eigenvalue weighted by molar-refractivity contribution is 7.89. The van der Waals surface area contributed by atoms with Crippen LogP contribution in [0.1, 0.15) is 20.3 Å². The molecule has 0 aliphatic heterocycles. The zero-order valence-electron chi connectivity index (χ0n) is 10.5. The number of nitrogens with zero attached hydrogens (tertiary/aromatic N) is 2. The second-order valence-corrected chi connectivity index (χ2v) is 5.66. The quantitative estimate of drug-likeness (QED) is 0.839. The molecular formula is C11H19N3O2S. The molecule has 0 saturated carbocycles. The molecule has 0 fully saturated rings. The Morgan fingerprint density at radius 2 is 2.12 bits per heavy atom. The van der Waals surface area contributed by atoms with Crippen LogP contribution in [-0.2, 0) is 10.0 Å². The molecule has 1 aromatic rings. The summed E-state index contributed by atoms with van der Waals surface area (Å²) in [7, 11) is -1.94. The van der Waals surface area contributed by atoms with E-state index in [1.54, 1.807) is 26.1 Å². The third-order valence-corrected chi connectivity index (χ3v) is 4.33. The molecule has 0 saturated heterocycles. The average Bonchev–Trinajstić information content (AvgIpc) is 2.35. The molecule has 0 atom stereocenters. The summed E-state index contributed by atoms with van der Waals surface area (Å²) in [4.78, 5) is 3.98. The third-order valence-electron chi connectivity index (χ3n) is 2.44. The van der Waals surface area contributed by atoms with E-state index in [0.717, 1.165) is 13.0 Å². The van der Waals surface area contributed by atoms with E-state index >= 15 is 0 Å². The van der Waals surface area contributed by atoms with Crippen molar-refractivity contribution in [2.45, 2.75) is 25.3 Å². The SMILES string of the molecule is CCCNc1cccnc1S(=O)(=O)N(C)CC. The summed E-state index contributed by atoms with van der Waals surface area (Å²) in [6.07, 6.45) is 2.42. The fourth-order valence-electron chi connectivity index (χ4n) is 1.31. The van der Waals surface area contributed by atoms with Crippen LogP contribution in [0.3, 0.4) is 0 Å². The van der Waals surface area contributed by atoms with Crippen molar-refractivity contribution in [3.8, 4) is 0 Å². The lowest BCUT2D eigenvalue weighted by atomic mass is 10.4. The number of sulfonamides is 1. The van der Waals surface area contributed by atoms with E-state index in [4.69, 9.17) is 0 Å². The lowest BCUT2D eigenvalue weighted by molar-refractivity contribution is 0.483. The largest absolute Gasteiger partial charge is 0.383 e. The highest BCUT2D eigenvalue weighted by Crippen LogP contribution is 2.20. The Kier molecular flexibility index (Phi) is 4.89. The summed E-state index contributed by atoms with van der Waals surface area (Å²) in [6, 6.07) is 3.46. The summed E-state index contributed by atoms with van der Waals surface area (Å²) >= 11 is 0. The molecule has 0 aromatic carbocycles. The molecule has 6 heteroatoms. The van der Waals surface area contributed by atoms with Crippen molar-refractivity contribution in [3.05, 3.63) is 18.3 Å². The molecule has 0 bridgehead atoms. The van der Waals surface area contributed by atoms with Gasteiger partial charge in [0, 0.05) is 26.3 Å². The molecule has 1 rings (SSSR count). The maximum atomic E-state index is 12.2. The van der Waals surface area contributed by atoms with Crippen LogP contribution < -0.4 is 5.32 Å². The molecule has 1 heterocycles. The first-order chi connectivity index (χ1) is 8.04. The van der Waals surface area contributed by atoms with Crippen LogP contribution in [0.4, 0.5) is 5.69 Å². The summed E-state index contributed by atoms with van der Waals surface area (Å²) < 4.78 is 25.6. The van der Waals surface area contributed by atoms with E-state index in [1.165, 1.54) is 10.5 Å². The van der Waals surface area contributed by atoms with Gasteiger partial charge in [-0.15, -0.1) is 0 Å². The lowest BCUT2D eigenvalue weighted by Gasteiger charge is -2.17. The highest BCUT2D eigenvalue weighted by atomic mass is 32.2. The molecule has 1 aromatic heterocycles. The normalized spacial score (nSPS) is 11.8. The number of nitrogens with one attached hydrogen (secondary N) is 1. The number of hydrogen-bond donors (Lipinski definition) is 1. The van der Waals surface area contributed by atoms with E-state index in [9.17, 15) is 8.42 Å². The van der Waals surface area contributed by atoms with Gasteiger partial charge in [-0.05, 0) is 18.6 Å². The van der Waals surface area contributed by atoms with Gasteiger partial charge < -0.3 is 5.32 Å². The van der Waals surface area contributed by atoms with Gasteiger partial charge in [0.1, 0.15) is 0 Å². The molecular weight excluding hydrogens is 238 g/mol. The van der Waals surface area contributed by atoms with Gasteiger partial charge in [-0.1, -0.05) is 13.8 Å². The van der Waals surface area contributed by atoms with Crippen LogP contribution in [0.25, 0.3) is 0 Å². The Labute approximate surface area is 103 Å². The lowest BCUT2D eigenvalue weighted by Crippen LogP contribution is -2.28. The predicted molar refractivity (Wildman–Crippen MR) is 68.5 cm³/mol. The Balaban J connectivity index is 3.13. The Bertz CT molecular complexity index is 460. The minimum Gasteiger partial charge on any atom is -0.383 e. The zero-order chi connectivity index (χ0) is 12.9. The van der Waals surface area contributed by atoms with Gasteiger partial charge in [0.25, 0.3) is 10.0 Å². The van der Waals surface area contributed by atoms with Crippen LogP contribution in [0, 0.1) is 0 Å². The van der Waals surface area contributed by atoms with E-state index in [0.29, 0.717) is 12.2 Å². The number of aromatic nitrogens is 1. The first-order valence-electron chi connectivity index (χ1n) is 5.69. The maximum Gasteiger partial charge on any atom is 0.262 e. The second-order valence-electron chi connectivity index (χ2n) is 3.70. The van der Waals surface area contributed by atoms with Crippen LogP contribution in [0.5, 0.6) is 0 Å². The minimum absolute atomic E-state index is 0.0952. The van der Waals surface area contributed by atoms with Crippen molar-refractivity contribution >= 4 is 15.7 Å². The Morgan fingerprint density at radius 3 is 2.71 bits per heavy atom. The highest BCUT2D eigenvalue weighted by Gasteiger charge is 2.23.